The summed E-state index contributed by atoms with van der Waals surface area (Å²) >= 11 is 0. The van der Waals surface area contributed by atoms with Gasteiger partial charge in [0.15, 0.2) is 11.6 Å². The number of rotatable bonds is 9. The van der Waals surface area contributed by atoms with Gasteiger partial charge in [0.25, 0.3) is 10.1 Å². The normalized spacial score (nSPS) is 26.6. The van der Waals surface area contributed by atoms with Crippen molar-refractivity contribution >= 4 is 26.2 Å². The van der Waals surface area contributed by atoms with Crippen LogP contribution in [0.4, 0.5) is 17.6 Å². The molecule has 2 aromatic rings. The molecule has 0 radical (unpaired) electrons. The third-order valence-corrected chi connectivity index (χ3v) is 14.3. The van der Waals surface area contributed by atoms with E-state index in [-0.39, 0.29) is 29.6 Å². The molecule has 2 heterocycles. The maximum Gasteiger partial charge on any atom is 0.317 e. The van der Waals surface area contributed by atoms with Crippen LogP contribution in [0.5, 0.6) is 5.75 Å². The fourth-order valence-corrected chi connectivity index (χ4v) is 11.6. The highest BCUT2D eigenvalue weighted by atomic mass is 32.2. The van der Waals surface area contributed by atoms with Crippen LogP contribution >= 0.6 is 0 Å². The minimum atomic E-state index is -5.95. The van der Waals surface area contributed by atoms with Gasteiger partial charge in [0.05, 0.1) is 18.1 Å². The Morgan fingerprint density at radius 1 is 0.654 bits per heavy atom. The van der Waals surface area contributed by atoms with Gasteiger partial charge in [-0.15, -0.1) is 0 Å². The molecule has 3 aliphatic carbocycles. The number of hydrogen-bond acceptors (Lipinski definition) is 9. The Hall–Kier alpha value is -2.59. The molecule has 5 fully saturated rings. The zero-order valence-electron chi connectivity index (χ0n) is 28.7. The summed E-state index contributed by atoms with van der Waals surface area (Å²) in [7, 11) is -10.3. The molecular formula is C37H43F4O9S2-. The summed E-state index contributed by atoms with van der Waals surface area (Å²) in [5.41, 5.74) is 2.91. The smallest absolute Gasteiger partial charge is 0.317 e. The fraction of sp³-hybridized carbons (Fsp3) is 0.649. The first-order valence-corrected chi connectivity index (χ1v) is 21.4. The second kappa shape index (κ2) is 14.9. The Bertz CT molecular complexity index is 1850. The molecule has 0 amide bonds. The lowest BCUT2D eigenvalue weighted by Gasteiger charge is -2.32. The SMILES string of the molecule is O=C(Oc1c(F)c(F)c(S(=O)(=O)[O-])c(F)c1F)C1CC2OC1CC2OS(=O)(=O)c1c(C2CCCCC2)cc(C2CCCCC2)cc1C1CCCCC1. The Labute approximate surface area is 301 Å². The minimum Gasteiger partial charge on any atom is -0.744 e. The first-order valence-electron chi connectivity index (χ1n) is 18.5. The third-order valence-electron chi connectivity index (χ3n) is 11.9. The molecule has 0 aromatic heterocycles. The monoisotopic (exact) mass is 771 g/mol. The summed E-state index contributed by atoms with van der Waals surface area (Å²) in [6.45, 7) is 0. The van der Waals surface area contributed by atoms with Crippen molar-refractivity contribution in [2.45, 2.75) is 155 Å². The number of fused-ring (bicyclic) bond motifs is 2. The Kier molecular flexibility index (Phi) is 10.8. The molecule has 2 saturated heterocycles. The number of benzene rings is 2. The topological polar surface area (TPSA) is 136 Å². The zero-order chi connectivity index (χ0) is 36.9. The summed E-state index contributed by atoms with van der Waals surface area (Å²) in [5.74, 6) is -13.6. The second-order valence-corrected chi connectivity index (χ2v) is 18.0. The summed E-state index contributed by atoms with van der Waals surface area (Å²) in [6.07, 6.45) is 12.4. The first kappa shape index (κ1) is 37.7. The minimum absolute atomic E-state index is 0.0810. The van der Waals surface area contributed by atoms with E-state index in [0.717, 1.165) is 101 Å². The Morgan fingerprint density at radius 3 is 1.58 bits per heavy atom. The lowest BCUT2D eigenvalue weighted by molar-refractivity contribution is -0.141. The van der Waals surface area contributed by atoms with Gasteiger partial charge < -0.3 is 14.0 Å². The van der Waals surface area contributed by atoms with E-state index < -0.39 is 84.3 Å². The van der Waals surface area contributed by atoms with E-state index in [9.17, 15) is 43.7 Å². The first-order chi connectivity index (χ1) is 24.7. The molecule has 286 valence electrons. The Balaban J connectivity index is 1.14. The van der Waals surface area contributed by atoms with Gasteiger partial charge >= 0.3 is 5.97 Å². The summed E-state index contributed by atoms with van der Waals surface area (Å²) in [5, 5.41) is 0. The molecule has 0 N–H and O–H groups in total. The van der Waals surface area contributed by atoms with Crippen molar-refractivity contribution in [3.05, 3.63) is 52.1 Å². The largest absolute Gasteiger partial charge is 0.744 e. The summed E-state index contributed by atoms with van der Waals surface area (Å²) in [6, 6.07) is 4.28. The summed E-state index contributed by atoms with van der Waals surface area (Å²) in [4.78, 5) is 10.9. The standard InChI is InChI=1S/C37H44F4O9S2/c38-30-32(40)36(51(43,44)45)33(41)31(39)34(30)49-37(42)26-18-28-29(19-27(26)48-28)50-52(46,47)35-24(21-12-6-2-7-13-21)16-23(20-10-4-1-5-11-20)17-25(35)22-14-8-3-9-15-22/h16-17,20-22,26-29H,1-15,18-19H2,(H,43,44,45)/p-1. The maximum absolute atomic E-state index is 14.6. The van der Waals surface area contributed by atoms with Gasteiger partial charge in [0.1, 0.15) is 26.0 Å². The predicted octanol–water partition coefficient (Wildman–Crippen LogP) is 8.15. The Morgan fingerprint density at radius 2 is 1.13 bits per heavy atom. The number of carbonyl (C=O) groups is 1. The molecule has 4 atom stereocenters. The third kappa shape index (κ3) is 7.28. The number of ether oxygens (including phenoxy) is 2. The van der Waals surface area contributed by atoms with E-state index in [0.29, 0.717) is 5.92 Å². The zero-order valence-corrected chi connectivity index (χ0v) is 30.4. The average Bonchev–Trinajstić information content (AvgIpc) is 3.73. The molecule has 2 aromatic carbocycles. The molecular weight excluding hydrogens is 729 g/mol. The van der Waals surface area contributed by atoms with Crippen LogP contribution in [0.25, 0.3) is 0 Å². The second-order valence-electron chi connectivity index (χ2n) is 15.2. The molecule has 4 unspecified atom stereocenters. The van der Waals surface area contributed by atoms with Crippen LogP contribution in [0.1, 0.15) is 144 Å². The van der Waals surface area contributed by atoms with E-state index >= 15 is 0 Å². The van der Waals surface area contributed by atoms with Crippen LogP contribution in [0.3, 0.4) is 0 Å². The van der Waals surface area contributed by atoms with Crippen molar-refractivity contribution < 1.29 is 57.4 Å². The van der Waals surface area contributed by atoms with Gasteiger partial charge in [0, 0.05) is 6.42 Å². The van der Waals surface area contributed by atoms with Crippen LogP contribution in [-0.4, -0.2) is 45.7 Å². The lowest BCUT2D eigenvalue weighted by atomic mass is 9.76. The summed E-state index contributed by atoms with van der Waals surface area (Å²) < 4.78 is 137. The lowest BCUT2D eigenvalue weighted by Crippen LogP contribution is -2.37. The molecule has 5 aliphatic rings. The van der Waals surface area contributed by atoms with Crippen LogP contribution in [0.15, 0.2) is 21.9 Å². The molecule has 9 nitrogen and oxygen atoms in total. The highest BCUT2D eigenvalue weighted by Crippen LogP contribution is 2.48. The van der Waals surface area contributed by atoms with Gasteiger partial charge in [-0.1, -0.05) is 69.9 Å². The maximum atomic E-state index is 14.6. The van der Waals surface area contributed by atoms with Crippen LogP contribution in [0.2, 0.25) is 0 Å². The van der Waals surface area contributed by atoms with Crippen molar-refractivity contribution in [3.8, 4) is 5.75 Å². The molecule has 52 heavy (non-hydrogen) atoms. The molecule has 7 rings (SSSR count). The van der Waals surface area contributed by atoms with Crippen molar-refractivity contribution in [1.29, 1.82) is 0 Å². The van der Waals surface area contributed by atoms with Gasteiger partial charge in [-0.05, 0) is 79.4 Å². The average molecular weight is 772 g/mol. The fourth-order valence-electron chi connectivity index (χ4n) is 9.35. The molecule has 0 spiro atoms. The van der Waals surface area contributed by atoms with Gasteiger partial charge in [-0.3, -0.25) is 8.98 Å². The quantitative estimate of drug-likeness (QED) is 0.0618. The highest BCUT2D eigenvalue weighted by Gasteiger charge is 2.53. The van der Waals surface area contributed by atoms with E-state index in [2.05, 4.69) is 16.9 Å². The van der Waals surface area contributed by atoms with Crippen LogP contribution < -0.4 is 4.74 Å². The molecule has 2 aliphatic heterocycles. The molecule has 3 saturated carbocycles. The van der Waals surface area contributed by atoms with E-state index in [1.807, 2.05) is 0 Å². The van der Waals surface area contributed by atoms with Crippen LogP contribution in [-0.2, 0) is 34.0 Å². The van der Waals surface area contributed by atoms with Crippen LogP contribution in [0, 0.1) is 29.2 Å². The van der Waals surface area contributed by atoms with E-state index in [4.69, 9.17) is 8.92 Å². The van der Waals surface area contributed by atoms with Crippen molar-refractivity contribution in [2.75, 3.05) is 0 Å². The van der Waals surface area contributed by atoms with E-state index in [1.54, 1.807) is 0 Å². The van der Waals surface area contributed by atoms with Crippen molar-refractivity contribution in [1.82, 2.24) is 0 Å². The number of hydrogen-bond donors (Lipinski definition) is 0. The van der Waals surface area contributed by atoms with E-state index in [1.165, 1.54) is 12.0 Å². The number of esters is 1. The molecule has 2 bridgehead atoms. The number of halogens is 4. The van der Waals surface area contributed by atoms with Crippen molar-refractivity contribution in [2.24, 2.45) is 5.92 Å². The highest BCUT2D eigenvalue weighted by molar-refractivity contribution is 7.87. The predicted molar refractivity (Wildman–Crippen MR) is 177 cm³/mol. The van der Waals surface area contributed by atoms with Gasteiger partial charge in [-0.25, -0.2) is 17.2 Å². The molecule has 15 heteroatoms. The van der Waals surface area contributed by atoms with Crippen molar-refractivity contribution in [3.63, 3.8) is 0 Å². The van der Waals surface area contributed by atoms with Gasteiger partial charge in [-0.2, -0.15) is 17.2 Å². The number of carbonyl (C=O) groups excluding carboxylic acids is 1. The van der Waals surface area contributed by atoms with Gasteiger partial charge in [0.2, 0.25) is 17.4 Å².